The van der Waals surface area contributed by atoms with Crippen LogP contribution in [-0.2, 0) is 17.9 Å². The first kappa shape index (κ1) is 14.2. The molecule has 0 aliphatic carbocycles. The summed E-state index contributed by atoms with van der Waals surface area (Å²) in [5.41, 5.74) is 12.9. The molecule has 5 N–H and O–H groups in total. The zero-order chi connectivity index (χ0) is 13.4. The first-order valence-electron chi connectivity index (χ1n) is 5.93. The Morgan fingerprint density at radius 1 is 1.39 bits per heavy atom. The molecule has 0 atom stereocenters. The van der Waals surface area contributed by atoms with Crippen molar-refractivity contribution in [2.24, 2.45) is 16.5 Å². The number of nitrogens with zero attached hydrogens (tertiary/aromatic N) is 1. The van der Waals surface area contributed by atoms with Crippen LogP contribution in [0.3, 0.4) is 0 Å². The normalized spacial score (nSPS) is 11.3. The van der Waals surface area contributed by atoms with E-state index in [1.807, 2.05) is 24.3 Å². The van der Waals surface area contributed by atoms with Crippen molar-refractivity contribution in [2.75, 3.05) is 6.54 Å². The maximum absolute atomic E-state index is 11.3. The van der Waals surface area contributed by atoms with Crippen molar-refractivity contribution in [3.05, 3.63) is 35.4 Å². The molecule has 0 saturated heterocycles. The van der Waals surface area contributed by atoms with Crippen LogP contribution in [0, 0.1) is 0 Å². The Morgan fingerprint density at radius 2 is 2.11 bits per heavy atom. The number of hydrogen-bond donors (Lipinski definition) is 3. The number of amidine groups is 1. The summed E-state index contributed by atoms with van der Waals surface area (Å²) in [7, 11) is 0. The second-order valence-corrected chi connectivity index (χ2v) is 4.09. The highest BCUT2D eigenvalue weighted by Gasteiger charge is 2.00. The van der Waals surface area contributed by atoms with E-state index < -0.39 is 0 Å². The van der Waals surface area contributed by atoms with E-state index in [0.29, 0.717) is 31.9 Å². The maximum atomic E-state index is 11.3. The van der Waals surface area contributed by atoms with Gasteiger partial charge in [-0.25, -0.2) is 0 Å². The number of nitrogens with two attached hydrogens (primary N) is 2. The van der Waals surface area contributed by atoms with Crippen LogP contribution in [0.1, 0.15) is 24.5 Å². The summed E-state index contributed by atoms with van der Waals surface area (Å²) in [4.78, 5) is 15.4. The highest BCUT2D eigenvalue weighted by molar-refractivity contribution is 5.77. The smallest absolute Gasteiger partial charge is 0.221 e. The lowest BCUT2D eigenvalue weighted by molar-refractivity contribution is -0.121. The number of amides is 1. The van der Waals surface area contributed by atoms with Gasteiger partial charge in [-0.2, -0.15) is 0 Å². The summed E-state index contributed by atoms with van der Waals surface area (Å²) in [6.45, 7) is 3.21. The molecule has 0 radical (unpaired) electrons. The zero-order valence-corrected chi connectivity index (χ0v) is 10.6. The van der Waals surface area contributed by atoms with Crippen LogP contribution in [0.4, 0.5) is 0 Å². The van der Waals surface area contributed by atoms with Crippen molar-refractivity contribution < 1.29 is 4.79 Å². The van der Waals surface area contributed by atoms with Crippen molar-refractivity contribution in [1.82, 2.24) is 5.32 Å². The number of carbonyl (C=O) groups is 1. The fourth-order valence-electron chi connectivity index (χ4n) is 1.47. The number of aliphatic imine (C=N–C) groups is 1. The molecule has 0 aromatic heterocycles. The Kier molecular flexibility index (Phi) is 5.87. The van der Waals surface area contributed by atoms with Crippen LogP contribution >= 0.6 is 0 Å². The molecule has 1 aromatic rings. The standard InChI is InChI=1S/C13H20N4O/c1-10(15)16-8-11-3-2-4-12(7-11)9-17-13(18)5-6-14/h2-4,7H,5-6,8-9,14H2,1H3,(H2,15,16)(H,17,18). The molecule has 5 heteroatoms. The lowest BCUT2D eigenvalue weighted by atomic mass is 10.1. The van der Waals surface area contributed by atoms with Crippen LogP contribution in [-0.4, -0.2) is 18.3 Å². The van der Waals surface area contributed by atoms with Gasteiger partial charge in [0.15, 0.2) is 0 Å². The fourth-order valence-corrected chi connectivity index (χ4v) is 1.47. The van der Waals surface area contributed by atoms with E-state index in [1.54, 1.807) is 6.92 Å². The number of hydrogen-bond acceptors (Lipinski definition) is 3. The number of carbonyl (C=O) groups excluding carboxylic acids is 1. The minimum Gasteiger partial charge on any atom is -0.388 e. The average Bonchev–Trinajstić information content (AvgIpc) is 2.35. The van der Waals surface area contributed by atoms with Gasteiger partial charge in [-0.1, -0.05) is 24.3 Å². The lowest BCUT2D eigenvalue weighted by Crippen LogP contribution is -2.25. The third-order valence-electron chi connectivity index (χ3n) is 2.36. The largest absolute Gasteiger partial charge is 0.388 e. The maximum Gasteiger partial charge on any atom is 0.221 e. The molecule has 5 nitrogen and oxygen atoms in total. The molecule has 0 fully saturated rings. The van der Waals surface area contributed by atoms with E-state index >= 15 is 0 Å². The van der Waals surface area contributed by atoms with Crippen LogP contribution < -0.4 is 16.8 Å². The second-order valence-electron chi connectivity index (χ2n) is 4.09. The van der Waals surface area contributed by atoms with Gasteiger partial charge < -0.3 is 16.8 Å². The molecule has 98 valence electrons. The third-order valence-corrected chi connectivity index (χ3v) is 2.36. The minimum atomic E-state index is -0.0290. The van der Waals surface area contributed by atoms with Crippen molar-refractivity contribution >= 4 is 11.7 Å². The Bertz CT molecular complexity index is 425. The first-order valence-corrected chi connectivity index (χ1v) is 5.93. The predicted molar refractivity (Wildman–Crippen MR) is 73.0 cm³/mol. The Morgan fingerprint density at radius 3 is 2.78 bits per heavy atom. The van der Waals surface area contributed by atoms with Gasteiger partial charge in [-0.3, -0.25) is 9.79 Å². The summed E-state index contributed by atoms with van der Waals surface area (Å²) in [5, 5.41) is 2.81. The van der Waals surface area contributed by atoms with Gasteiger partial charge in [0.25, 0.3) is 0 Å². The molecule has 0 aliphatic heterocycles. The molecule has 0 saturated carbocycles. The van der Waals surface area contributed by atoms with E-state index in [1.165, 1.54) is 0 Å². The SMILES string of the molecule is CC(N)=NCc1cccc(CNC(=O)CCN)c1. The summed E-state index contributed by atoms with van der Waals surface area (Å²) in [6.07, 6.45) is 0.357. The van der Waals surface area contributed by atoms with E-state index in [0.717, 1.165) is 11.1 Å². The van der Waals surface area contributed by atoms with Gasteiger partial charge in [0, 0.05) is 19.5 Å². The topological polar surface area (TPSA) is 93.5 Å². The van der Waals surface area contributed by atoms with Gasteiger partial charge in [-0.05, 0) is 18.1 Å². The van der Waals surface area contributed by atoms with E-state index in [4.69, 9.17) is 11.5 Å². The molecule has 0 bridgehead atoms. The number of benzene rings is 1. The Labute approximate surface area is 107 Å². The number of rotatable bonds is 6. The zero-order valence-electron chi connectivity index (χ0n) is 10.6. The molecule has 1 rings (SSSR count). The summed E-state index contributed by atoms with van der Waals surface area (Å²) in [6, 6.07) is 7.90. The monoisotopic (exact) mass is 248 g/mol. The molecule has 0 unspecified atom stereocenters. The van der Waals surface area contributed by atoms with E-state index in [2.05, 4.69) is 10.3 Å². The highest BCUT2D eigenvalue weighted by Crippen LogP contribution is 2.06. The molecular weight excluding hydrogens is 228 g/mol. The second kappa shape index (κ2) is 7.45. The van der Waals surface area contributed by atoms with Gasteiger partial charge in [-0.15, -0.1) is 0 Å². The molecule has 1 amide bonds. The Hall–Kier alpha value is -1.88. The lowest BCUT2D eigenvalue weighted by Gasteiger charge is -2.06. The van der Waals surface area contributed by atoms with Gasteiger partial charge in [0.2, 0.25) is 5.91 Å². The molecule has 1 aromatic carbocycles. The van der Waals surface area contributed by atoms with Crippen molar-refractivity contribution in [3.63, 3.8) is 0 Å². The fraction of sp³-hybridized carbons (Fsp3) is 0.385. The van der Waals surface area contributed by atoms with Crippen LogP contribution in [0.5, 0.6) is 0 Å². The third kappa shape index (κ3) is 5.45. The van der Waals surface area contributed by atoms with Crippen LogP contribution in [0.25, 0.3) is 0 Å². The molecule has 0 heterocycles. The van der Waals surface area contributed by atoms with Crippen molar-refractivity contribution in [1.29, 1.82) is 0 Å². The van der Waals surface area contributed by atoms with Crippen LogP contribution in [0.2, 0.25) is 0 Å². The molecule has 0 aliphatic rings. The van der Waals surface area contributed by atoms with Gasteiger partial charge in [0.05, 0.1) is 12.4 Å². The highest BCUT2D eigenvalue weighted by atomic mass is 16.1. The summed E-state index contributed by atoms with van der Waals surface area (Å²) >= 11 is 0. The van der Waals surface area contributed by atoms with E-state index in [-0.39, 0.29) is 5.91 Å². The average molecular weight is 248 g/mol. The van der Waals surface area contributed by atoms with E-state index in [9.17, 15) is 4.79 Å². The van der Waals surface area contributed by atoms with Crippen molar-refractivity contribution in [3.8, 4) is 0 Å². The van der Waals surface area contributed by atoms with Crippen molar-refractivity contribution in [2.45, 2.75) is 26.4 Å². The molecular formula is C13H20N4O. The van der Waals surface area contributed by atoms with Crippen LogP contribution in [0.15, 0.2) is 29.3 Å². The van der Waals surface area contributed by atoms with Gasteiger partial charge >= 0.3 is 0 Å². The number of nitrogens with one attached hydrogen (secondary N) is 1. The quantitative estimate of drug-likeness (QED) is 0.506. The first-order chi connectivity index (χ1) is 8.61. The minimum absolute atomic E-state index is 0.0290. The predicted octanol–water partition coefficient (Wildman–Crippen LogP) is 0.529. The van der Waals surface area contributed by atoms with Gasteiger partial charge in [0.1, 0.15) is 0 Å². The summed E-state index contributed by atoms with van der Waals surface area (Å²) in [5.74, 6) is 0.537. The Balaban J connectivity index is 2.54. The molecule has 0 spiro atoms. The molecule has 18 heavy (non-hydrogen) atoms. The summed E-state index contributed by atoms with van der Waals surface area (Å²) < 4.78 is 0.